The molecule has 4 heterocycles. The number of Topliss-reactive ketones (excluding diaryl/α,β-unsaturated/α-hetero) is 1. The Balaban J connectivity index is 1.25. The van der Waals surface area contributed by atoms with Crippen LogP contribution in [0.5, 0.6) is 11.5 Å². The first-order chi connectivity index (χ1) is 19.0. The number of carbonyl (C=O) groups excluding carboxylic acids is 1. The maximum atomic E-state index is 15.1. The number of benzene rings is 2. The van der Waals surface area contributed by atoms with Gasteiger partial charge in [0, 0.05) is 35.4 Å². The molecule has 0 amide bonds. The van der Waals surface area contributed by atoms with Gasteiger partial charge in [-0.05, 0) is 66.2 Å². The van der Waals surface area contributed by atoms with Crippen molar-refractivity contribution in [1.82, 2.24) is 19.2 Å². The highest BCUT2D eigenvalue weighted by Gasteiger charge is 2.17. The fraction of sp³-hybridized carbons (Fsp3) is 0.0345. The van der Waals surface area contributed by atoms with E-state index in [4.69, 9.17) is 4.74 Å². The number of aromatic nitrogens is 4. The van der Waals surface area contributed by atoms with Crippen molar-refractivity contribution >= 4 is 22.6 Å². The normalized spacial score (nSPS) is 11.1. The van der Waals surface area contributed by atoms with Crippen molar-refractivity contribution in [2.24, 2.45) is 0 Å². The Morgan fingerprint density at radius 1 is 1.00 bits per heavy atom. The van der Waals surface area contributed by atoms with E-state index >= 15 is 4.39 Å². The SMILES string of the molecule is O=C(Cc1ccc(Oc2cc(-c3cscn3)cn3nccc23)c(F)c1)c1cccn(-c2ccc(F)cc2)c1=O. The number of hydrogen-bond acceptors (Lipinski definition) is 6. The number of halogens is 2. The lowest BCUT2D eigenvalue weighted by Gasteiger charge is -2.11. The van der Waals surface area contributed by atoms with E-state index in [9.17, 15) is 14.0 Å². The lowest BCUT2D eigenvalue weighted by atomic mass is 10.0. The van der Waals surface area contributed by atoms with Crippen LogP contribution in [0, 0.1) is 11.6 Å². The molecule has 192 valence electrons. The summed E-state index contributed by atoms with van der Waals surface area (Å²) in [6, 6.07) is 16.1. The highest BCUT2D eigenvalue weighted by Crippen LogP contribution is 2.32. The van der Waals surface area contributed by atoms with Crippen LogP contribution in [-0.4, -0.2) is 24.9 Å². The van der Waals surface area contributed by atoms with E-state index < -0.39 is 23.0 Å². The van der Waals surface area contributed by atoms with Gasteiger partial charge < -0.3 is 4.74 Å². The van der Waals surface area contributed by atoms with Gasteiger partial charge in [-0.25, -0.2) is 18.3 Å². The van der Waals surface area contributed by atoms with E-state index in [1.54, 1.807) is 40.5 Å². The van der Waals surface area contributed by atoms with E-state index in [0.29, 0.717) is 22.5 Å². The Labute approximate surface area is 224 Å². The highest BCUT2D eigenvalue weighted by molar-refractivity contribution is 7.07. The van der Waals surface area contributed by atoms with E-state index in [-0.39, 0.29) is 17.7 Å². The highest BCUT2D eigenvalue weighted by atomic mass is 32.1. The second kappa shape index (κ2) is 10.1. The molecule has 0 saturated heterocycles. The number of ketones is 1. The van der Waals surface area contributed by atoms with Gasteiger partial charge in [0.15, 0.2) is 23.1 Å². The van der Waals surface area contributed by atoms with Crippen LogP contribution in [0.2, 0.25) is 0 Å². The van der Waals surface area contributed by atoms with Crippen molar-refractivity contribution < 1.29 is 18.3 Å². The number of rotatable bonds is 7. The van der Waals surface area contributed by atoms with Crippen molar-refractivity contribution in [1.29, 1.82) is 0 Å². The summed E-state index contributed by atoms with van der Waals surface area (Å²) in [5, 5.41) is 6.15. The molecule has 10 heteroatoms. The Morgan fingerprint density at radius 3 is 2.62 bits per heavy atom. The number of nitrogens with zero attached hydrogens (tertiary/aromatic N) is 4. The molecular weight excluding hydrogens is 522 g/mol. The molecule has 4 aromatic heterocycles. The molecule has 0 aliphatic carbocycles. The van der Waals surface area contributed by atoms with Crippen LogP contribution in [0.15, 0.2) is 101 Å². The molecule has 0 aliphatic rings. The second-order valence-corrected chi connectivity index (χ2v) is 9.39. The zero-order chi connectivity index (χ0) is 26.9. The third kappa shape index (κ3) is 4.85. The van der Waals surface area contributed by atoms with Crippen LogP contribution in [0.3, 0.4) is 0 Å². The number of ether oxygens (including phenoxy) is 1. The topological polar surface area (TPSA) is 78.5 Å². The van der Waals surface area contributed by atoms with E-state index in [0.717, 1.165) is 11.3 Å². The number of pyridine rings is 2. The van der Waals surface area contributed by atoms with Gasteiger partial charge in [0.25, 0.3) is 5.56 Å². The van der Waals surface area contributed by atoms with E-state index in [1.807, 2.05) is 11.6 Å². The molecule has 7 nitrogen and oxygen atoms in total. The molecule has 0 radical (unpaired) electrons. The van der Waals surface area contributed by atoms with Crippen molar-refractivity contribution in [2.75, 3.05) is 0 Å². The predicted molar refractivity (Wildman–Crippen MR) is 143 cm³/mol. The average molecular weight is 541 g/mol. The van der Waals surface area contributed by atoms with E-state index in [2.05, 4.69) is 10.1 Å². The largest absolute Gasteiger partial charge is 0.452 e. The van der Waals surface area contributed by atoms with Crippen molar-refractivity contribution in [2.45, 2.75) is 6.42 Å². The quantitative estimate of drug-likeness (QED) is 0.229. The Morgan fingerprint density at radius 2 is 1.85 bits per heavy atom. The molecular formula is C29H18F2N4O3S. The Hall–Kier alpha value is -4.96. The second-order valence-electron chi connectivity index (χ2n) is 8.67. The summed E-state index contributed by atoms with van der Waals surface area (Å²) in [4.78, 5) is 30.3. The van der Waals surface area contributed by atoms with Gasteiger partial charge in [0.2, 0.25) is 0 Å². The van der Waals surface area contributed by atoms with Crippen LogP contribution >= 0.6 is 11.3 Å². The third-order valence-electron chi connectivity index (χ3n) is 6.13. The van der Waals surface area contributed by atoms with Crippen molar-refractivity contribution in [3.63, 3.8) is 0 Å². The summed E-state index contributed by atoms with van der Waals surface area (Å²) in [5.74, 6) is -1.19. The Kier molecular flexibility index (Phi) is 6.29. The summed E-state index contributed by atoms with van der Waals surface area (Å²) >= 11 is 1.46. The maximum absolute atomic E-state index is 15.1. The molecule has 0 spiro atoms. The molecule has 0 atom stereocenters. The average Bonchev–Trinajstić information content (AvgIpc) is 3.63. The molecule has 6 aromatic rings. The maximum Gasteiger partial charge on any atom is 0.265 e. The monoisotopic (exact) mass is 540 g/mol. The molecule has 39 heavy (non-hydrogen) atoms. The van der Waals surface area contributed by atoms with Gasteiger partial charge in [-0.15, -0.1) is 11.3 Å². The molecule has 6 rings (SSSR count). The summed E-state index contributed by atoms with van der Waals surface area (Å²) in [5.41, 5.74) is 4.09. The van der Waals surface area contributed by atoms with Crippen molar-refractivity contribution in [3.05, 3.63) is 129 Å². The molecule has 0 fully saturated rings. The van der Waals surface area contributed by atoms with Gasteiger partial charge in [0.05, 0.1) is 23.0 Å². The van der Waals surface area contributed by atoms with Gasteiger partial charge in [-0.2, -0.15) is 5.10 Å². The first kappa shape index (κ1) is 24.4. The predicted octanol–water partition coefficient (Wildman–Crippen LogP) is 6.10. The fourth-order valence-electron chi connectivity index (χ4n) is 4.22. The van der Waals surface area contributed by atoms with E-state index in [1.165, 1.54) is 64.6 Å². The van der Waals surface area contributed by atoms with Gasteiger partial charge >= 0.3 is 0 Å². The molecule has 0 saturated carbocycles. The standard InChI is InChI=1S/C29H18F2N4O3S/c30-20-4-6-21(7-5-20)34-11-1-2-22(29(34)37)26(36)13-18-3-8-27(23(31)12-18)38-28-14-19(24-16-39-17-32-24)15-35-25(28)9-10-33-35/h1-12,14-17H,13H2. The molecule has 2 aromatic carbocycles. The smallest absolute Gasteiger partial charge is 0.265 e. The molecule has 0 bridgehead atoms. The lowest BCUT2D eigenvalue weighted by molar-refractivity contribution is 0.0991. The number of thiazole rings is 1. The minimum atomic E-state index is -0.659. The molecule has 0 N–H and O–H groups in total. The number of hydrogen-bond donors (Lipinski definition) is 0. The number of fused-ring (bicyclic) bond motifs is 1. The zero-order valence-corrected chi connectivity index (χ0v) is 20.9. The molecule has 0 unspecified atom stereocenters. The lowest BCUT2D eigenvalue weighted by Crippen LogP contribution is -2.25. The van der Waals surface area contributed by atoms with Crippen LogP contribution < -0.4 is 10.3 Å². The summed E-state index contributed by atoms with van der Waals surface area (Å²) in [6.07, 6.45) is 4.74. The minimum absolute atomic E-state index is 0.0249. The van der Waals surface area contributed by atoms with Crippen LogP contribution in [-0.2, 0) is 6.42 Å². The molecule has 0 aliphatic heterocycles. The van der Waals surface area contributed by atoms with Gasteiger partial charge in [-0.1, -0.05) is 6.07 Å². The zero-order valence-electron chi connectivity index (χ0n) is 20.1. The Bertz CT molecular complexity index is 1880. The minimum Gasteiger partial charge on any atom is -0.452 e. The van der Waals surface area contributed by atoms with Gasteiger partial charge in [-0.3, -0.25) is 14.2 Å². The third-order valence-corrected chi connectivity index (χ3v) is 6.72. The summed E-state index contributed by atoms with van der Waals surface area (Å²) in [7, 11) is 0. The summed E-state index contributed by atoms with van der Waals surface area (Å²) < 4.78 is 37.2. The summed E-state index contributed by atoms with van der Waals surface area (Å²) in [6.45, 7) is 0. The van der Waals surface area contributed by atoms with Crippen LogP contribution in [0.25, 0.3) is 22.5 Å². The van der Waals surface area contributed by atoms with Gasteiger partial charge in [0.1, 0.15) is 11.3 Å². The number of carbonyl (C=O) groups is 1. The van der Waals surface area contributed by atoms with Crippen LogP contribution in [0.4, 0.5) is 8.78 Å². The fourth-order valence-corrected chi connectivity index (χ4v) is 4.78. The first-order valence-electron chi connectivity index (χ1n) is 11.8. The van der Waals surface area contributed by atoms with Crippen molar-refractivity contribution in [3.8, 4) is 28.4 Å². The van der Waals surface area contributed by atoms with Crippen LogP contribution in [0.1, 0.15) is 15.9 Å². The first-order valence-corrected chi connectivity index (χ1v) is 12.7.